The third kappa shape index (κ3) is 2.81. The lowest BCUT2D eigenvalue weighted by Gasteiger charge is -2.18. The van der Waals surface area contributed by atoms with Gasteiger partial charge in [-0.3, -0.25) is 14.0 Å². The van der Waals surface area contributed by atoms with E-state index in [1.165, 1.54) is 11.1 Å². The number of carbonyl (C=O) groups excluding carboxylic acids is 1. The molecule has 0 unspecified atom stereocenters. The summed E-state index contributed by atoms with van der Waals surface area (Å²) in [4.78, 5) is 35.5. The summed E-state index contributed by atoms with van der Waals surface area (Å²) >= 11 is 0. The molecule has 1 aliphatic heterocycles. The Morgan fingerprint density at radius 2 is 1.88 bits per heavy atom. The van der Waals surface area contributed by atoms with E-state index in [0.717, 1.165) is 36.2 Å². The number of aryl methyl sites for hydroxylation is 1. The molecule has 32 heavy (non-hydrogen) atoms. The number of hydrogen-bond donors (Lipinski definition) is 2. The predicted molar refractivity (Wildman–Crippen MR) is 121 cm³/mol. The molecule has 0 saturated heterocycles. The number of benzene rings is 2. The highest BCUT2D eigenvalue weighted by molar-refractivity contribution is 5.99. The van der Waals surface area contributed by atoms with E-state index in [1.54, 1.807) is 12.3 Å². The molecule has 4 aromatic rings. The molecule has 7 nitrogen and oxygen atoms in total. The fourth-order valence-electron chi connectivity index (χ4n) is 5.32. The van der Waals surface area contributed by atoms with Crippen LogP contribution in [0.25, 0.3) is 16.6 Å². The maximum atomic E-state index is 13.4. The van der Waals surface area contributed by atoms with Crippen LogP contribution < -0.4 is 5.56 Å². The zero-order valence-corrected chi connectivity index (χ0v) is 17.8. The molecule has 6 rings (SSSR count). The molecule has 2 aromatic heterocycles. The minimum absolute atomic E-state index is 0.0429. The highest BCUT2D eigenvalue weighted by Crippen LogP contribution is 2.35. The number of aliphatic hydroxyl groups is 1. The first-order chi connectivity index (χ1) is 15.5. The maximum absolute atomic E-state index is 13.4. The van der Waals surface area contributed by atoms with Crippen molar-refractivity contribution >= 4 is 22.5 Å². The van der Waals surface area contributed by atoms with Crippen LogP contribution in [0.15, 0.2) is 47.4 Å². The second kappa shape index (κ2) is 7.03. The van der Waals surface area contributed by atoms with Crippen LogP contribution in [0.4, 0.5) is 0 Å². The van der Waals surface area contributed by atoms with E-state index in [1.807, 2.05) is 34.4 Å². The Hall–Kier alpha value is -3.45. The quantitative estimate of drug-likeness (QED) is 0.513. The Morgan fingerprint density at radius 1 is 1.12 bits per heavy atom. The van der Waals surface area contributed by atoms with Crippen LogP contribution in [0.2, 0.25) is 0 Å². The molecular weight excluding hydrogens is 404 g/mol. The fourth-order valence-corrected chi connectivity index (χ4v) is 5.32. The summed E-state index contributed by atoms with van der Waals surface area (Å²) in [5.74, 6) is 0.584. The Bertz CT molecular complexity index is 1430. The van der Waals surface area contributed by atoms with E-state index >= 15 is 0 Å². The van der Waals surface area contributed by atoms with Crippen molar-refractivity contribution in [2.75, 3.05) is 0 Å². The van der Waals surface area contributed by atoms with Gasteiger partial charge in [-0.2, -0.15) is 0 Å². The van der Waals surface area contributed by atoms with Crippen LogP contribution in [0.1, 0.15) is 58.1 Å². The SMILES string of the molecule is Cc1cc2c(cc1C(=O)N1Cc3ccccc3C1)[nH]c(=O)c1cnc([C@H]3CCC[C@H]3O)n12. The largest absolute Gasteiger partial charge is 0.392 e. The minimum atomic E-state index is -0.450. The molecule has 1 fully saturated rings. The van der Waals surface area contributed by atoms with Crippen molar-refractivity contribution in [1.29, 1.82) is 0 Å². The molecular formula is C25H24N4O3. The standard InChI is InChI=1S/C25H24N4O3/c1-14-9-20-19(10-18(14)25(32)28-12-15-5-2-3-6-16(15)13-28)27-24(31)21-11-26-23(29(20)21)17-7-4-8-22(17)30/h2-3,5-6,9-11,17,22,30H,4,7-8,12-13H2,1H3,(H,27,31)/t17-,22+/m0/s1. The smallest absolute Gasteiger partial charge is 0.274 e. The third-order valence-corrected chi connectivity index (χ3v) is 7.02. The van der Waals surface area contributed by atoms with Gasteiger partial charge in [-0.1, -0.05) is 30.7 Å². The van der Waals surface area contributed by atoms with Crippen molar-refractivity contribution in [3.63, 3.8) is 0 Å². The number of aromatic nitrogens is 3. The lowest BCUT2D eigenvalue weighted by Crippen LogP contribution is -2.26. The molecule has 7 heteroatoms. The van der Waals surface area contributed by atoms with E-state index in [4.69, 9.17) is 0 Å². The fraction of sp³-hybridized carbons (Fsp3) is 0.320. The van der Waals surface area contributed by atoms with Crippen LogP contribution in [0.5, 0.6) is 0 Å². The molecule has 2 aromatic carbocycles. The second-order valence-electron chi connectivity index (χ2n) is 9.01. The van der Waals surface area contributed by atoms with Crippen molar-refractivity contribution in [2.45, 2.75) is 51.3 Å². The Balaban J connectivity index is 1.47. The topological polar surface area (TPSA) is 90.7 Å². The van der Waals surface area contributed by atoms with Crippen molar-refractivity contribution in [1.82, 2.24) is 19.3 Å². The molecule has 2 N–H and O–H groups in total. The van der Waals surface area contributed by atoms with Crippen LogP contribution in [0, 0.1) is 6.92 Å². The number of imidazole rings is 1. The molecule has 0 spiro atoms. The van der Waals surface area contributed by atoms with Gasteiger partial charge in [-0.25, -0.2) is 4.98 Å². The normalized spacial score (nSPS) is 20.4. The number of rotatable bonds is 2. The Kier molecular flexibility index (Phi) is 4.23. The summed E-state index contributed by atoms with van der Waals surface area (Å²) < 4.78 is 1.86. The van der Waals surface area contributed by atoms with Crippen molar-refractivity contribution in [2.24, 2.45) is 0 Å². The molecule has 0 radical (unpaired) electrons. The number of carbonyl (C=O) groups is 1. The minimum Gasteiger partial charge on any atom is -0.392 e. The summed E-state index contributed by atoms with van der Waals surface area (Å²) in [6.45, 7) is 3.11. The van der Waals surface area contributed by atoms with Gasteiger partial charge in [0, 0.05) is 24.6 Å². The zero-order valence-electron chi connectivity index (χ0n) is 17.8. The summed E-state index contributed by atoms with van der Waals surface area (Å²) in [6.07, 6.45) is 3.66. The van der Waals surface area contributed by atoms with Gasteiger partial charge in [-0.05, 0) is 48.6 Å². The van der Waals surface area contributed by atoms with Gasteiger partial charge in [0.25, 0.3) is 11.5 Å². The average Bonchev–Trinajstić information content (AvgIpc) is 3.51. The molecule has 1 amide bonds. The van der Waals surface area contributed by atoms with Crippen molar-refractivity contribution < 1.29 is 9.90 Å². The molecule has 1 aliphatic carbocycles. The van der Waals surface area contributed by atoms with E-state index in [0.29, 0.717) is 29.7 Å². The number of aromatic amines is 1. The predicted octanol–water partition coefficient (Wildman–Crippen LogP) is 3.27. The summed E-state index contributed by atoms with van der Waals surface area (Å²) in [6, 6.07) is 11.8. The number of nitrogens with one attached hydrogen (secondary N) is 1. The third-order valence-electron chi connectivity index (χ3n) is 7.02. The van der Waals surface area contributed by atoms with Gasteiger partial charge in [-0.15, -0.1) is 0 Å². The number of H-pyrrole nitrogens is 1. The number of aliphatic hydroxyl groups excluding tert-OH is 1. The van der Waals surface area contributed by atoms with E-state index in [2.05, 4.69) is 22.1 Å². The zero-order chi connectivity index (χ0) is 22.0. The number of nitrogens with zero attached hydrogens (tertiary/aromatic N) is 3. The lowest BCUT2D eigenvalue weighted by molar-refractivity contribution is 0.0751. The van der Waals surface area contributed by atoms with Crippen LogP contribution in [-0.4, -0.2) is 36.4 Å². The number of amides is 1. The summed E-state index contributed by atoms with van der Waals surface area (Å²) in [5.41, 5.74) is 5.38. The Morgan fingerprint density at radius 3 is 2.56 bits per heavy atom. The van der Waals surface area contributed by atoms with Crippen molar-refractivity contribution in [3.05, 3.63) is 81.0 Å². The van der Waals surface area contributed by atoms with Crippen LogP contribution >= 0.6 is 0 Å². The lowest BCUT2D eigenvalue weighted by atomic mass is 10.0. The maximum Gasteiger partial charge on any atom is 0.274 e. The number of fused-ring (bicyclic) bond motifs is 4. The van der Waals surface area contributed by atoms with Gasteiger partial charge in [0.2, 0.25) is 0 Å². The average molecular weight is 428 g/mol. The molecule has 1 saturated carbocycles. The van der Waals surface area contributed by atoms with Gasteiger partial charge >= 0.3 is 0 Å². The van der Waals surface area contributed by atoms with Gasteiger partial charge in [0.1, 0.15) is 11.3 Å². The highest BCUT2D eigenvalue weighted by Gasteiger charge is 2.31. The Labute approximate surface area is 184 Å². The molecule has 2 aliphatic rings. The second-order valence-corrected chi connectivity index (χ2v) is 9.01. The molecule has 3 heterocycles. The first-order valence-corrected chi connectivity index (χ1v) is 11.1. The molecule has 2 atom stereocenters. The first kappa shape index (κ1) is 19.3. The van der Waals surface area contributed by atoms with E-state index in [9.17, 15) is 14.7 Å². The molecule has 0 bridgehead atoms. The van der Waals surface area contributed by atoms with Crippen LogP contribution in [-0.2, 0) is 13.1 Å². The molecule has 162 valence electrons. The summed E-state index contributed by atoms with van der Waals surface area (Å²) in [7, 11) is 0. The summed E-state index contributed by atoms with van der Waals surface area (Å²) in [5, 5.41) is 10.4. The van der Waals surface area contributed by atoms with Gasteiger partial charge in [0.15, 0.2) is 0 Å². The monoisotopic (exact) mass is 428 g/mol. The van der Waals surface area contributed by atoms with Crippen LogP contribution in [0.3, 0.4) is 0 Å². The van der Waals surface area contributed by atoms with Gasteiger partial charge in [0.05, 0.1) is 23.3 Å². The van der Waals surface area contributed by atoms with E-state index in [-0.39, 0.29) is 17.4 Å². The van der Waals surface area contributed by atoms with Gasteiger partial charge < -0.3 is 15.0 Å². The number of hydrogen-bond acceptors (Lipinski definition) is 4. The van der Waals surface area contributed by atoms with Crippen molar-refractivity contribution in [3.8, 4) is 0 Å². The first-order valence-electron chi connectivity index (χ1n) is 11.1. The van der Waals surface area contributed by atoms with E-state index < -0.39 is 6.10 Å². The highest BCUT2D eigenvalue weighted by atomic mass is 16.3.